The van der Waals surface area contributed by atoms with Gasteiger partial charge < -0.3 is 19.5 Å². The van der Waals surface area contributed by atoms with Crippen LogP contribution in [-0.2, 0) is 14.8 Å². The fourth-order valence-electron chi connectivity index (χ4n) is 3.59. The van der Waals surface area contributed by atoms with Gasteiger partial charge in [0.15, 0.2) is 0 Å². The number of carbonyl (C=O) groups is 1. The maximum absolute atomic E-state index is 12.8. The lowest BCUT2D eigenvalue weighted by Crippen LogP contribution is -2.48. The third kappa shape index (κ3) is 4.28. The van der Waals surface area contributed by atoms with Gasteiger partial charge in [0.2, 0.25) is 10.0 Å². The van der Waals surface area contributed by atoms with Crippen LogP contribution in [0.1, 0.15) is 10.5 Å². The number of hydrogen-bond donors (Lipinski definition) is 1. The highest BCUT2D eigenvalue weighted by Gasteiger charge is 2.29. The zero-order valence-corrected chi connectivity index (χ0v) is 17.5. The van der Waals surface area contributed by atoms with Crippen molar-refractivity contribution in [3.8, 4) is 0 Å². The van der Waals surface area contributed by atoms with Crippen LogP contribution in [0.2, 0.25) is 5.02 Å². The maximum atomic E-state index is 12.8. The summed E-state index contributed by atoms with van der Waals surface area (Å²) in [6.07, 6.45) is 1.39. The van der Waals surface area contributed by atoms with E-state index < -0.39 is 10.0 Å². The monoisotopic (exact) mass is 438 g/mol. The smallest absolute Gasteiger partial charge is 0.270 e. The number of benzene rings is 1. The number of nitrogens with zero attached hydrogens (tertiary/aromatic N) is 3. The van der Waals surface area contributed by atoms with E-state index >= 15 is 0 Å². The van der Waals surface area contributed by atoms with Crippen molar-refractivity contribution in [2.24, 2.45) is 0 Å². The number of carbonyl (C=O) groups excluding carboxylic acids is 1. The van der Waals surface area contributed by atoms with Crippen molar-refractivity contribution in [3.05, 3.63) is 47.2 Å². The number of hydrogen-bond acceptors (Lipinski definition) is 5. The minimum Gasteiger partial charge on any atom is -0.379 e. The molecule has 29 heavy (non-hydrogen) atoms. The molecular formula is C19H23ClN4O4S. The molecular weight excluding hydrogens is 416 g/mol. The lowest BCUT2D eigenvalue weighted by Gasteiger charge is -2.36. The number of aromatic nitrogens is 1. The molecule has 2 aliphatic rings. The summed E-state index contributed by atoms with van der Waals surface area (Å²) in [6, 6.07) is 9.07. The summed E-state index contributed by atoms with van der Waals surface area (Å²) in [6.45, 7) is 3.88. The van der Waals surface area contributed by atoms with E-state index in [1.807, 2.05) is 24.3 Å². The molecule has 1 N–H and O–H groups in total. The molecule has 0 aliphatic carbocycles. The van der Waals surface area contributed by atoms with Crippen LogP contribution in [-0.4, -0.2) is 81.0 Å². The molecule has 0 bridgehead atoms. The molecule has 2 fully saturated rings. The summed E-state index contributed by atoms with van der Waals surface area (Å²) in [5.41, 5.74) is 1.32. The SMILES string of the molecule is O=C(c1cc(S(=O)(=O)N2CCOCC2)c[nH]1)N1CCN(c2cccc(Cl)c2)CC1. The fraction of sp³-hybridized carbons (Fsp3) is 0.421. The Morgan fingerprint density at radius 1 is 1.03 bits per heavy atom. The number of morpholine rings is 1. The van der Waals surface area contributed by atoms with E-state index in [-0.39, 0.29) is 16.5 Å². The second-order valence-corrected chi connectivity index (χ2v) is 9.40. The van der Waals surface area contributed by atoms with E-state index in [1.54, 1.807) is 4.90 Å². The highest BCUT2D eigenvalue weighted by Crippen LogP contribution is 2.22. The van der Waals surface area contributed by atoms with Crippen molar-refractivity contribution in [2.45, 2.75) is 4.90 Å². The molecule has 2 aromatic rings. The summed E-state index contributed by atoms with van der Waals surface area (Å²) in [5, 5.41) is 0.682. The molecule has 0 atom stereocenters. The van der Waals surface area contributed by atoms with Gasteiger partial charge in [-0.2, -0.15) is 4.31 Å². The average molecular weight is 439 g/mol. The van der Waals surface area contributed by atoms with Gasteiger partial charge in [-0.3, -0.25) is 4.79 Å². The minimum absolute atomic E-state index is 0.111. The van der Waals surface area contributed by atoms with Gasteiger partial charge in [0.25, 0.3) is 5.91 Å². The van der Waals surface area contributed by atoms with E-state index in [4.69, 9.17) is 16.3 Å². The second-order valence-electron chi connectivity index (χ2n) is 7.02. The second kappa shape index (κ2) is 8.35. The Balaban J connectivity index is 1.41. The molecule has 2 aliphatic heterocycles. The van der Waals surface area contributed by atoms with E-state index in [2.05, 4.69) is 9.88 Å². The van der Waals surface area contributed by atoms with Crippen molar-refractivity contribution in [1.82, 2.24) is 14.2 Å². The Morgan fingerprint density at radius 2 is 1.76 bits per heavy atom. The molecule has 8 nitrogen and oxygen atoms in total. The third-order valence-corrected chi connectivity index (χ3v) is 7.35. The van der Waals surface area contributed by atoms with Gasteiger partial charge in [-0.1, -0.05) is 17.7 Å². The number of piperazine rings is 1. The molecule has 0 spiro atoms. The number of rotatable bonds is 4. The quantitative estimate of drug-likeness (QED) is 0.784. The van der Waals surface area contributed by atoms with Gasteiger partial charge in [-0.05, 0) is 24.3 Å². The fourth-order valence-corrected chi connectivity index (χ4v) is 5.18. The van der Waals surface area contributed by atoms with Gasteiger partial charge in [0.1, 0.15) is 10.6 Å². The predicted molar refractivity (Wildman–Crippen MR) is 110 cm³/mol. The van der Waals surface area contributed by atoms with Gasteiger partial charge >= 0.3 is 0 Å². The number of halogens is 1. The number of sulfonamides is 1. The highest BCUT2D eigenvalue weighted by atomic mass is 35.5. The van der Waals surface area contributed by atoms with Gasteiger partial charge in [0, 0.05) is 56.2 Å². The lowest BCUT2D eigenvalue weighted by molar-refractivity contribution is 0.0729. The first kappa shape index (κ1) is 20.2. The van der Waals surface area contributed by atoms with Crippen LogP contribution < -0.4 is 4.90 Å². The third-order valence-electron chi connectivity index (χ3n) is 5.23. The number of ether oxygens (including phenoxy) is 1. The van der Waals surface area contributed by atoms with Crippen molar-refractivity contribution < 1.29 is 17.9 Å². The van der Waals surface area contributed by atoms with Crippen molar-refractivity contribution in [2.75, 3.05) is 57.4 Å². The van der Waals surface area contributed by atoms with Crippen LogP contribution in [0.3, 0.4) is 0 Å². The molecule has 0 unspecified atom stereocenters. The summed E-state index contributed by atoms with van der Waals surface area (Å²) in [7, 11) is -3.62. The minimum atomic E-state index is -3.62. The number of aromatic amines is 1. The van der Waals surface area contributed by atoms with Crippen molar-refractivity contribution >= 4 is 33.2 Å². The topological polar surface area (TPSA) is 85.9 Å². The first-order chi connectivity index (χ1) is 13.9. The van der Waals surface area contributed by atoms with Crippen LogP contribution in [0.5, 0.6) is 0 Å². The Morgan fingerprint density at radius 3 is 2.45 bits per heavy atom. The first-order valence-corrected chi connectivity index (χ1v) is 11.3. The van der Waals surface area contributed by atoms with Gasteiger partial charge in [-0.15, -0.1) is 0 Å². The largest absolute Gasteiger partial charge is 0.379 e. The lowest BCUT2D eigenvalue weighted by atomic mass is 10.2. The van der Waals surface area contributed by atoms with Gasteiger partial charge in [0.05, 0.1) is 13.2 Å². The highest BCUT2D eigenvalue weighted by molar-refractivity contribution is 7.89. The summed E-state index contributed by atoms with van der Waals surface area (Å²) >= 11 is 6.06. The Bertz CT molecular complexity index is 980. The average Bonchev–Trinajstić information content (AvgIpc) is 3.25. The molecule has 0 radical (unpaired) electrons. The number of amides is 1. The molecule has 3 heterocycles. The standard InChI is InChI=1S/C19H23ClN4O4S/c20-15-2-1-3-16(12-15)22-4-6-23(7-5-22)19(25)18-13-17(14-21-18)29(26,27)24-8-10-28-11-9-24/h1-3,12-14,21H,4-11H2. The Labute approximate surface area is 175 Å². The van der Waals surface area contributed by atoms with E-state index in [0.717, 1.165) is 5.69 Å². The van der Waals surface area contributed by atoms with Crippen LogP contribution in [0, 0.1) is 0 Å². The predicted octanol–water partition coefficient (Wildman–Crippen LogP) is 1.65. The molecule has 0 saturated carbocycles. The summed E-state index contributed by atoms with van der Waals surface area (Å²) < 4.78 is 32.1. The van der Waals surface area contributed by atoms with E-state index in [0.29, 0.717) is 57.5 Å². The molecule has 1 aromatic heterocycles. The zero-order chi connectivity index (χ0) is 20.4. The van der Waals surface area contributed by atoms with Crippen LogP contribution in [0.25, 0.3) is 0 Å². The van der Waals surface area contributed by atoms with Crippen molar-refractivity contribution in [1.29, 1.82) is 0 Å². The summed E-state index contributed by atoms with van der Waals surface area (Å²) in [4.78, 5) is 19.7. The molecule has 156 valence electrons. The van der Waals surface area contributed by atoms with Crippen molar-refractivity contribution in [3.63, 3.8) is 0 Å². The Hall–Kier alpha value is -2.07. The van der Waals surface area contributed by atoms with Crippen LogP contribution in [0.15, 0.2) is 41.4 Å². The molecule has 10 heteroatoms. The Kier molecular flexibility index (Phi) is 5.82. The maximum Gasteiger partial charge on any atom is 0.270 e. The normalized spacial score (nSPS) is 18.8. The van der Waals surface area contributed by atoms with Crippen LogP contribution >= 0.6 is 11.6 Å². The molecule has 1 aromatic carbocycles. The summed E-state index contributed by atoms with van der Waals surface area (Å²) in [5.74, 6) is -0.195. The molecule has 4 rings (SSSR count). The molecule has 1 amide bonds. The van der Waals surface area contributed by atoms with E-state index in [9.17, 15) is 13.2 Å². The first-order valence-electron chi connectivity index (χ1n) is 9.51. The molecule has 2 saturated heterocycles. The zero-order valence-electron chi connectivity index (χ0n) is 15.9. The van der Waals surface area contributed by atoms with Crippen LogP contribution in [0.4, 0.5) is 5.69 Å². The van der Waals surface area contributed by atoms with E-state index in [1.165, 1.54) is 16.6 Å². The number of anilines is 1. The van der Waals surface area contributed by atoms with Gasteiger partial charge in [-0.25, -0.2) is 8.42 Å². The number of nitrogens with one attached hydrogen (secondary N) is 1. The number of H-pyrrole nitrogens is 1.